The summed E-state index contributed by atoms with van der Waals surface area (Å²) in [6.45, 7) is 5.12. The van der Waals surface area contributed by atoms with Gasteiger partial charge >= 0.3 is 5.97 Å². The van der Waals surface area contributed by atoms with Gasteiger partial charge in [-0.1, -0.05) is 110 Å². The van der Waals surface area contributed by atoms with Crippen LogP contribution in [0.25, 0.3) is 22.6 Å². The quantitative estimate of drug-likeness (QED) is 0.134. The number of methoxy groups -OCH3 is 2. The summed E-state index contributed by atoms with van der Waals surface area (Å²) in [6, 6.07) is 37.2. The molecule has 0 saturated heterocycles. The van der Waals surface area contributed by atoms with Crippen molar-refractivity contribution in [2.24, 2.45) is 0 Å². The van der Waals surface area contributed by atoms with Gasteiger partial charge in [-0.05, 0) is 29.7 Å². The summed E-state index contributed by atoms with van der Waals surface area (Å²) in [6.07, 6.45) is 2.14. The van der Waals surface area contributed by atoms with Crippen molar-refractivity contribution >= 4 is 5.97 Å². The largest absolute Gasteiger partial charge is 0.496 e. The number of carbonyl (C=O) groups is 1. The van der Waals surface area contributed by atoms with Gasteiger partial charge in [-0.3, -0.25) is 4.90 Å². The number of imidazole rings is 1. The molecule has 0 N–H and O–H groups in total. The fourth-order valence-corrected chi connectivity index (χ4v) is 5.44. The minimum Gasteiger partial charge on any atom is -0.496 e. The van der Waals surface area contributed by atoms with E-state index < -0.39 is 5.97 Å². The number of hydrogen-bond acceptors (Lipinski definition) is 5. The highest BCUT2D eigenvalue weighted by Gasteiger charge is 2.23. The minimum absolute atomic E-state index is 0.412. The molecule has 43 heavy (non-hydrogen) atoms. The lowest BCUT2D eigenvalue weighted by Crippen LogP contribution is -2.25. The zero-order valence-corrected chi connectivity index (χ0v) is 25.2. The van der Waals surface area contributed by atoms with Crippen LogP contribution in [0.2, 0.25) is 0 Å². The van der Waals surface area contributed by atoms with E-state index in [2.05, 4.69) is 89.2 Å². The molecule has 0 aliphatic carbocycles. The molecular weight excluding hydrogens is 534 g/mol. The number of hydrogen-bond donors (Lipinski definition) is 0. The molecule has 0 aliphatic rings. The van der Waals surface area contributed by atoms with Crippen molar-refractivity contribution in [3.8, 4) is 28.4 Å². The number of esters is 1. The Morgan fingerprint density at radius 1 is 0.767 bits per heavy atom. The van der Waals surface area contributed by atoms with E-state index in [9.17, 15) is 4.79 Å². The minimum atomic E-state index is -0.412. The lowest BCUT2D eigenvalue weighted by molar-refractivity contribution is 0.0596. The van der Waals surface area contributed by atoms with E-state index in [0.29, 0.717) is 24.4 Å². The third kappa shape index (κ3) is 7.22. The first-order valence-electron chi connectivity index (χ1n) is 14.8. The van der Waals surface area contributed by atoms with Gasteiger partial charge in [0.2, 0.25) is 0 Å². The number of unbranched alkanes of at least 4 members (excludes halogenated alkanes) is 1. The Morgan fingerprint density at radius 3 is 2.02 bits per heavy atom. The van der Waals surface area contributed by atoms with E-state index in [1.807, 2.05) is 36.4 Å². The van der Waals surface area contributed by atoms with Crippen LogP contribution in [0.1, 0.15) is 46.9 Å². The second-order valence-corrected chi connectivity index (χ2v) is 10.6. The molecule has 6 nitrogen and oxygen atoms in total. The second kappa shape index (κ2) is 14.5. The van der Waals surface area contributed by atoms with Gasteiger partial charge < -0.3 is 14.0 Å². The maximum atomic E-state index is 12.6. The van der Waals surface area contributed by atoms with Crippen molar-refractivity contribution in [3.63, 3.8) is 0 Å². The zero-order valence-electron chi connectivity index (χ0n) is 25.2. The molecule has 0 unspecified atom stereocenters. The number of nitrogens with zero attached hydrogens (tertiary/aromatic N) is 3. The summed E-state index contributed by atoms with van der Waals surface area (Å²) >= 11 is 0. The van der Waals surface area contributed by atoms with Crippen LogP contribution in [0.4, 0.5) is 0 Å². The van der Waals surface area contributed by atoms with Crippen LogP contribution in [0.3, 0.4) is 0 Å². The Labute approximate surface area is 254 Å². The zero-order chi connectivity index (χ0) is 30.0. The molecule has 0 atom stereocenters. The number of aromatic nitrogens is 2. The summed E-state index contributed by atoms with van der Waals surface area (Å²) in [7, 11) is 2.96. The molecule has 4 aromatic carbocycles. The molecule has 0 radical (unpaired) electrons. The van der Waals surface area contributed by atoms with Crippen LogP contribution >= 0.6 is 0 Å². The van der Waals surface area contributed by atoms with Gasteiger partial charge in [0.25, 0.3) is 0 Å². The number of carbonyl (C=O) groups excluding carboxylic acids is 1. The van der Waals surface area contributed by atoms with Crippen LogP contribution < -0.4 is 4.74 Å². The third-order valence-electron chi connectivity index (χ3n) is 7.58. The molecule has 1 heterocycles. The van der Waals surface area contributed by atoms with E-state index in [1.165, 1.54) is 18.4 Å². The van der Waals surface area contributed by atoms with E-state index in [1.54, 1.807) is 7.11 Å². The molecule has 0 spiro atoms. The van der Waals surface area contributed by atoms with Gasteiger partial charge in [-0.25, -0.2) is 9.78 Å². The average Bonchev–Trinajstić information content (AvgIpc) is 3.42. The molecule has 0 fully saturated rings. The van der Waals surface area contributed by atoms with Crippen molar-refractivity contribution < 1.29 is 14.3 Å². The molecule has 6 heteroatoms. The molecule has 0 saturated carbocycles. The normalized spacial score (nSPS) is 11.1. The molecule has 1 aromatic heterocycles. The molecule has 0 bridgehead atoms. The van der Waals surface area contributed by atoms with Crippen molar-refractivity contribution in [1.82, 2.24) is 14.5 Å². The SMILES string of the molecule is CCCCn1c(-c2ccccc2)nc(-c2ccccc2)c1CN(Cc1ccccc1)Cc1ccc(OC)c(C(=O)OC)c1. The summed E-state index contributed by atoms with van der Waals surface area (Å²) in [5.74, 6) is 1.08. The lowest BCUT2D eigenvalue weighted by Gasteiger charge is -2.25. The van der Waals surface area contributed by atoms with E-state index in [-0.39, 0.29) is 0 Å². The molecule has 0 aliphatic heterocycles. The summed E-state index contributed by atoms with van der Waals surface area (Å²) in [5, 5.41) is 0. The highest BCUT2D eigenvalue weighted by molar-refractivity contribution is 5.92. The van der Waals surface area contributed by atoms with Crippen LogP contribution in [0.5, 0.6) is 5.75 Å². The van der Waals surface area contributed by atoms with Gasteiger partial charge in [0.1, 0.15) is 17.1 Å². The van der Waals surface area contributed by atoms with Crippen molar-refractivity contribution in [2.75, 3.05) is 14.2 Å². The van der Waals surface area contributed by atoms with Crippen molar-refractivity contribution in [1.29, 1.82) is 0 Å². The van der Waals surface area contributed by atoms with E-state index in [0.717, 1.165) is 54.1 Å². The smallest absolute Gasteiger partial charge is 0.341 e. The number of benzene rings is 4. The highest BCUT2D eigenvalue weighted by Crippen LogP contribution is 2.32. The standard InChI is InChI=1S/C37H39N3O3/c1-4-5-23-40-33(35(30-17-11-7-12-18-30)38-36(40)31-19-13-8-14-20-31)27-39(25-28-15-9-6-10-16-28)26-29-21-22-34(42-2)32(24-29)37(41)43-3/h6-22,24H,4-5,23,25-27H2,1-3H3. The van der Waals surface area contributed by atoms with Gasteiger partial charge in [-0.15, -0.1) is 0 Å². The fraction of sp³-hybridized carbons (Fsp3) is 0.243. The second-order valence-electron chi connectivity index (χ2n) is 10.6. The number of ether oxygens (including phenoxy) is 2. The Morgan fingerprint density at radius 2 is 1.40 bits per heavy atom. The van der Waals surface area contributed by atoms with Crippen LogP contribution in [0.15, 0.2) is 109 Å². The van der Waals surface area contributed by atoms with Crippen LogP contribution in [-0.4, -0.2) is 34.6 Å². The molecule has 5 rings (SSSR count). The molecular formula is C37H39N3O3. The Hall–Kier alpha value is -4.68. The molecule has 0 amide bonds. The molecule has 220 valence electrons. The molecule has 5 aromatic rings. The Bertz CT molecular complexity index is 1620. The Kier molecular flexibility index (Phi) is 10.0. The van der Waals surface area contributed by atoms with Crippen molar-refractivity contribution in [2.45, 2.75) is 45.9 Å². The first-order chi connectivity index (χ1) is 21.1. The Balaban J connectivity index is 1.61. The predicted octanol–water partition coefficient (Wildman–Crippen LogP) is 8.01. The first kappa shape index (κ1) is 29.8. The number of rotatable bonds is 13. The van der Waals surface area contributed by atoms with Gasteiger partial charge in [0.05, 0.1) is 25.6 Å². The maximum Gasteiger partial charge on any atom is 0.341 e. The topological polar surface area (TPSA) is 56.6 Å². The maximum absolute atomic E-state index is 12.6. The van der Waals surface area contributed by atoms with Gasteiger partial charge in [0.15, 0.2) is 0 Å². The van der Waals surface area contributed by atoms with Gasteiger partial charge in [-0.2, -0.15) is 0 Å². The summed E-state index contributed by atoms with van der Waals surface area (Å²) < 4.78 is 12.9. The predicted molar refractivity (Wildman–Crippen MR) is 172 cm³/mol. The lowest BCUT2D eigenvalue weighted by atomic mass is 10.1. The average molecular weight is 574 g/mol. The highest BCUT2D eigenvalue weighted by atomic mass is 16.5. The van der Waals surface area contributed by atoms with Crippen molar-refractivity contribution in [3.05, 3.63) is 132 Å². The van der Waals surface area contributed by atoms with E-state index >= 15 is 0 Å². The summed E-state index contributed by atoms with van der Waals surface area (Å²) in [4.78, 5) is 20.3. The van der Waals surface area contributed by atoms with Gasteiger partial charge in [0, 0.05) is 37.3 Å². The first-order valence-corrected chi connectivity index (χ1v) is 14.8. The third-order valence-corrected chi connectivity index (χ3v) is 7.58. The monoisotopic (exact) mass is 573 g/mol. The van der Waals surface area contributed by atoms with Crippen LogP contribution in [-0.2, 0) is 30.9 Å². The summed E-state index contributed by atoms with van der Waals surface area (Å²) in [5.41, 5.74) is 7.02. The fourth-order valence-electron chi connectivity index (χ4n) is 5.44. The van der Waals surface area contributed by atoms with Crippen LogP contribution in [0, 0.1) is 0 Å². The van der Waals surface area contributed by atoms with E-state index in [4.69, 9.17) is 14.5 Å².